The van der Waals surface area contributed by atoms with Gasteiger partial charge in [0.1, 0.15) is 11.6 Å². The van der Waals surface area contributed by atoms with Gasteiger partial charge in [0.2, 0.25) is 0 Å². The van der Waals surface area contributed by atoms with Crippen molar-refractivity contribution in [3.8, 4) is 5.75 Å². The zero-order chi connectivity index (χ0) is 13.1. The van der Waals surface area contributed by atoms with Crippen molar-refractivity contribution in [3.63, 3.8) is 0 Å². The van der Waals surface area contributed by atoms with Gasteiger partial charge in [0, 0.05) is 0 Å². The zero-order valence-electron chi connectivity index (χ0n) is 9.66. The number of methoxy groups -OCH3 is 1. The minimum Gasteiger partial charge on any atom is -0.495 e. The van der Waals surface area contributed by atoms with Crippen molar-refractivity contribution < 1.29 is 9.13 Å². The Kier molecular flexibility index (Phi) is 4.25. The average Bonchev–Trinajstić information content (AvgIpc) is 2.37. The van der Waals surface area contributed by atoms with Gasteiger partial charge >= 0.3 is 0 Å². The maximum absolute atomic E-state index is 13.2. The van der Waals surface area contributed by atoms with Crippen molar-refractivity contribution in [1.29, 1.82) is 0 Å². The van der Waals surface area contributed by atoms with E-state index in [1.54, 1.807) is 19.2 Å². The molecular formula is C14H11BrClFO. The van der Waals surface area contributed by atoms with Crippen LogP contribution in [0.5, 0.6) is 5.75 Å². The van der Waals surface area contributed by atoms with Crippen LogP contribution < -0.4 is 4.74 Å². The van der Waals surface area contributed by atoms with Gasteiger partial charge in [0.05, 0.1) is 17.0 Å². The van der Waals surface area contributed by atoms with E-state index in [4.69, 9.17) is 16.3 Å². The van der Waals surface area contributed by atoms with E-state index in [0.29, 0.717) is 10.8 Å². The number of rotatable bonds is 3. The van der Waals surface area contributed by atoms with Crippen LogP contribution in [0, 0.1) is 5.82 Å². The molecule has 0 fully saturated rings. The van der Waals surface area contributed by atoms with Crippen LogP contribution in [-0.2, 0) is 0 Å². The molecule has 1 nitrogen and oxygen atoms in total. The quantitative estimate of drug-likeness (QED) is 0.722. The van der Waals surface area contributed by atoms with E-state index in [-0.39, 0.29) is 10.6 Å². The number of halogens is 3. The van der Waals surface area contributed by atoms with Crippen molar-refractivity contribution in [2.75, 3.05) is 7.11 Å². The van der Waals surface area contributed by atoms with E-state index in [1.165, 1.54) is 12.1 Å². The van der Waals surface area contributed by atoms with Crippen LogP contribution in [0.1, 0.15) is 16.0 Å². The molecule has 94 valence electrons. The summed E-state index contributed by atoms with van der Waals surface area (Å²) in [4.78, 5) is -0.100. The summed E-state index contributed by atoms with van der Waals surface area (Å²) in [5, 5.41) is 0.538. The summed E-state index contributed by atoms with van der Waals surface area (Å²) in [6.45, 7) is 0. The van der Waals surface area contributed by atoms with Crippen molar-refractivity contribution in [2.45, 2.75) is 4.83 Å². The molecule has 0 amide bonds. The fourth-order valence-corrected chi connectivity index (χ4v) is 2.53. The van der Waals surface area contributed by atoms with Crippen LogP contribution in [0.4, 0.5) is 4.39 Å². The van der Waals surface area contributed by atoms with Gasteiger partial charge in [-0.2, -0.15) is 0 Å². The Morgan fingerprint density at radius 2 is 1.89 bits per heavy atom. The second kappa shape index (κ2) is 5.72. The highest BCUT2D eigenvalue weighted by atomic mass is 79.9. The van der Waals surface area contributed by atoms with E-state index in [2.05, 4.69) is 15.9 Å². The Labute approximate surface area is 119 Å². The molecule has 1 atom stereocenters. The molecule has 0 aromatic heterocycles. The molecule has 1 unspecified atom stereocenters. The molecule has 0 aliphatic rings. The van der Waals surface area contributed by atoms with Crippen LogP contribution in [-0.4, -0.2) is 7.11 Å². The Balaban J connectivity index is 2.34. The fourth-order valence-electron chi connectivity index (χ4n) is 1.70. The van der Waals surface area contributed by atoms with Crippen molar-refractivity contribution in [3.05, 3.63) is 64.4 Å². The second-order valence-corrected chi connectivity index (χ2v) is 5.13. The summed E-state index contributed by atoms with van der Waals surface area (Å²) in [5.74, 6) is 0.371. The van der Waals surface area contributed by atoms with E-state index in [9.17, 15) is 4.39 Å². The summed E-state index contributed by atoms with van der Waals surface area (Å²) < 4.78 is 18.3. The maximum atomic E-state index is 13.2. The van der Waals surface area contributed by atoms with Crippen LogP contribution in [0.25, 0.3) is 0 Å². The molecule has 0 N–H and O–H groups in total. The third-order valence-corrected chi connectivity index (χ3v) is 3.96. The number of ether oxygens (including phenoxy) is 1. The first kappa shape index (κ1) is 13.4. The summed E-state index contributed by atoms with van der Waals surface area (Å²) in [6, 6.07) is 12.0. The minimum absolute atomic E-state index is 0.100. The first-order valence-electron chi connectivity index (χ1n) is 5.35. The van der Waals surface area contributed by atoms with Crippen LogP contribution in [0.3, 0.4) is 0 Å². The monoisotopic (exact) mass is 328 g/mol. The second-order valence-electron chi connectivity index (χ2n) is 3.81. The molecule has 2 aromatic rings. The predicted octanol–water partition coefficient (Wildman–Crippen LogP) is 4.97. The van der Waals surface area contributed by atoms with Gasteiger partial charge < -0.3 is 4.74 Å². The van der Waals surface area contributed by atoms with E-state index in [0.717, 1.165) is 11.1 Å². The Bertz CT molecular complexity index is 559. The van der Waals surface area contributed by atoms with Gasteiger partial charge in [0.25, 0.3) is 0 Å². The first-order valence-corrected chi connectivity index (χ1v) is 6.64. The summed E-state index contributed by atoms with van der Waals surface area (Å²) in [5.41, 5.74) is 1.79. The lowest BCUT2D eigenvalue weighted by atomic mass is 10.0. The smallest absolute Gasteiger partial charge is 0.137 e. The highest BCUT2D eigenvalue weighted by molar-refractivity contribution is 9.09. The Morgan fingerprint density at radius 3 is 2.50 bits per heavy atom. The van der Waals surface area contributed by atoms with Crippen LogP contribution >= 0.6 is 27.5 Å². The zero-order valence-corrected chi connectivity index (χ0v) is 12.0. The van der Waals surface area contributed by atoms with Crippen LogP contribution in [0.2, 0.25) is 5.02 Å². The summed E-state index contributed by atoms with van der Waals surface area (Å²) >= 11 is 9.62. The molecule has 0 saturated carbocycles. The van der Waals surface area contributed by atoms with Gasteiger partial charge in [-0.25, -0.2) is 4.39 Å². The highest BCUT2D eigenvalue weighted by Gasteiger charge is 2.12. The molecule has 2 aromatic carbocycles. The summed E-state index contributed by atoms with van der Waals surface area (Å²) in [6.07, 6.45) is 0. The van der Waals surface area contributed by atoms with Gasteiger partial charge in [-0.15, -0.1) is 0 Å². The molecule has 0 radical (unpaired) electrons. The topological polar surface area (TPSA) is 9.23 Å². The van der Waals surface area contributed by atoms with E-state index < -0.39 is 0 Å². The first-order chi connectivity index (χ1) is 8.61. The van der Waals surface area contributed by atoms with E-state index in [1.807, 2.05) is 18.2 Å². The van der Waals surface area contributed by atoms with Gasteiger partial charge in [-0.1, -0.05) is 45.7 Å². The van der Waals surface area contributed by atoms with Crippen molar-refractivity contribution >= 4 is 27.5 Å². The predicted molar refractivity (Wildman–Crippen MR) is 75.2 cm³/mol. The highest BCUT2D eigenvalue weighted by Crippen LogP contribution is 2.35. The molecule has 4 heteroatoms. The lowest BCUT2D eigenvalue weighted by Gasteiger charge is -2.12. The molecular weight excluding hydrogens is 319 g/mol. The van der Waals surface area contributed by atoms with Crippen molar-refractivity contribution in [1.82, 2.24) is 0 Å². The third-order valence-electron chi connectivity index (χ3n) is 2.61. The van der Waals surface area contributed by atoms with Crippen molar-refractivity contribution in [2.24, 2.45) is 0 Å². The summed E-state index contributed by atoms with van der Waals surface area (Å²) in [7, 11) is 1.57. The lowest BCUT2D eigenvalue weighted by molar-refractivity contribution is 0.415. The number of hydrogen-bond donors (Lipinski definition) is 0. The number of benzene rings is 2. The molecule has 0 saturated heterocycles. The van der Waals surface area contributed by atoms with Gasteiger partial charge in [-0.3, -0.25) is 0 Å². The molecule has 2 rings (SSSR count). The largest absolute Gasteiger partial charge is 0.495 e. The fraction of sp³-hybridized carbons (Fsp3) is 0.143. The van der Waals surface area contributed by atoms with Gasteiger partial charge in [0.15, 0.2) is 0 Å². The Morgan fingerprint density at radius 1 is 1.17 bits per heavy atom. The number of hydrogen-bond acceptors (Lipinski definition) is 1. The lowest BCUT2D eigenvalue weighted by Crippen LogP contribution is -1.94. The maximum Gasteiger partial charge on any atom is 0.137 e. The Hall–Kier alpha value is -1.06. The minimum atomic E-state index is -0.253. The normalized spacial score (nSPS) is 12.2. The average molecular weight is 330 g/mol. The van der Waals surface area contributed by atoms with Gasteiger partial charge in [-0.05, 0) is 35.4 Å². The molecule has 0 spiro atoms. The molecule has 0 bridgehead atoms. The third kappa shape index (κ3) is 2.85. The molecule has 0 aliphatic heterocycles. The molecule has 18 heavy (non-hydrogen) atoms. The van der Waals surface area contributed by atoms with E-state index >= 15 is 0 Å². The number of alkyl halides is 1. The van der Waals surface area contributed by atoms with Crippen LogP contribution in [0.15, 0.2) is 42.5 Å². The molecule has 0 heterocycles. The molecule has 0 aliphatic carbocycles. The standard InChI is InChI=1S/C14H11BrClFO/c1-18-13-6-5-10(8-12(13)16)14(15)9-3-2-4-11(17)7-9/h2-8,14H,1H3. The SMILES string of the molecule is COc1ccc(C(Br)c2cccc(F)c2)cc1Cl.